The fourth-order valence-corrected chi connectivity index (χ4v) is 1.94. The molecule has 0 atom stereocenters. The fourth-order valence-electron chi connectivity index (χ4n) is 1.94. The molecule has 0 spiro atoms. The Bertz CT molecular complexity index is 599. The van der Waals surface area contributed by atoms with Gasteiger partial charge in [0, 0.05) is 13.1 Å². The summed E-state index contributed by atoms with van der Waals surface area (Å²) in [5.41, 5.74) is -0.606. The van der Waals surface area contributed by atoms with Gasteiger partial charge in [-0.1, -0.05) is 18.2 Å². The number of carbonyl (C=O) groups is 3. The molecule has 0 aliphatic heterocycles. The van der Waals surface area contributed by atoms with Crippen LogP contribution in [0.15, 0.2) is 30.3 Å². The SMILES string of the molecule is CC(C)(C)OC(=O)NCC(=O)NCCCNC(=O)CCOc1ccccc1. The van der Waals surface area contributed by atoms with Gasteiger partial charge in [-0.05, 0) is 39.3 Å². The topological polar surface area (TPSA) is 106 Å². The summed E-state index contributed by atoms with van der Waals surface area (Å²) >= 11 is 0. The number of nitrogens with one attached hydrogen (secondary N) is 3. The number of hydrogen-bond acceptors (Lipinski definition) is 5. The summed E-state index contributed by atoms with van der Waals surface area (Å²) in [7, 11) is 0. The van der Waals surface area contributed by atoms with Crippen molar-refractivity contribution in [2.24, 2.45) is 0 Å². The van der Waals surface area contributed by atoms with E-state index < -0.39 is 11.7 Å². The molecule has 27 heavy (non-hydrogen) atoms. The van der Waals surface area contributed by atoms with Crippen LogP contribution in [-0.4, -0.2) is 49.7 Å². The van der Waals surface area contributed by atoms with Crippen molar-refractivity contribution in [2.75, 3.05) is 26.2 Å². The molecule has 0 heterocycles. The molecule has 1 rings (SSSR count). The molecule has 8 heteroatoms. The van der Waals surface area contributed by atoms with Crippen molar-refractivity contribution in [1.29, 1.82) is 0 Å². The molecule has 1 aromatic rings. The Labute approximate surface area is 160 Å². The van der Waals surface area contributed by atoms with Crippen molar-refractivity contribution in [3.8, 4) is 5.75 Å². The van der Waals surface area contributed by atoms with Crippen molar-refractivity contribution < 1.29 is 23.9 Å². The van der Waals surface area contributed by atoms with Gasteiger partial charge in [-0.2, -0.15) is 0 Å². The van der Waals surface area contributed by atoms with Crippen LogP contribution in [0.5, 0.6) is 5.75 Å². The molecule has 0 radical (unpaired) electrons. The van der Waals surface area contributed by atoms with Gasteiger partial charge in [0.1, 0.15) is 11.4 Å². The average molecular weight is 379 g/mol. The van der Waals surface area contributed by atoms with Gasteiger partial charge in [0.2, 0.25) is 11.8 Å². The Morgan fingerprint density at radius 2 is 1.56 bits per heavy atom. The van der Waals surface area contributed by atoms with Crippen molar-refractivity contribution in [2.45, 2.75) is 39.2 Å². The minimum atomic E-state index is -0.636. The predicted octanol–water partition coefficient (Wildman–Crippen LogP) is 1.60. The monoisotopic (exact) mass is 379 g/mol. The quantitative estimate of drug-likeness (QED) is 0.536. The zero-order chi connectivity index (χ0) is 20.1. The Balaban J connectivity index is 2.00. The first-order valence-electron chi connectivity index (χ1n) is 8.94. The van der Waals surface area contributed by atoms with Gasteiger partial charge in [-0.25, -0.2) is 4.79 Å². The molecular weight excluding hydrogens is 350 g/mol. The zero-order valence-electron chi connectivity index (χ0n) is 16.2. The standard InChI is InChI=1S/C19H29N3O5/c1-19(2,3)27-18(25)22-14-17(24)21-12-7-11-20-16(23)10-13-26-15-8-5-4-6-9-15/h4-6,8-9H,7,10-14H2,1-3H3,(H,20,23)(H,21,24)(H,22,25). The van der Waals surface area contributed by atoms with Crippen molar-refractivity contribution in [3.63, 3.8) is 0 Å². The van der Waals surface area contributed by atoms with Crippen LogP contribution in [-0.2, 0) is 14.3 Å². The van der Waals surface area contributed by atoms with Crippen molar-refractivity contribution in [1.82, 2.24) is 16.0 Å². The maximum Gasteiger partial charge on any atom is 0.408 e. The molecule has 1 aromatic carbocycles. The number of hydrogen-bond donors (Lipinski definition) is 3. The van der Waals surface area contributed by atoms with Gasteiger partial charge in [0.25, 0.3) is 0 Å². The summed E-state index contributed by atoms with van der Waals surface area (Å²) in [6.45, 7) is 6.23. The number of alkyl carbamates (subject to hydrolysis) is 1. The van der Waals surface area contributed by atoms with E-state index in [1.807, 2.05) is 30.3 Å². The molecule has 3 amide bonds. The Hall–Kier alpha value is -2.77. The largest absolute Gasteiger partial charge is 0.493 e. The van der Waals surface area contributed by atoms with E-state index in [1.54, 1.807) is 20.8 Å². The Kier molecular flexibility index (Phi) is 9.71. The van der Waals surface area contributed by atoms with Gasteiger partial charge in [0.15, 0.2) is 0 Å². The summed E-state index contributed by atoms with van der Waals surface area (Å²) < 4.78 is 10.5. The summed E-state index contributed by atoms with van der Waals surface area (Å²) in [6, 6.07) is 9.29. The second-order valence-electron chi connectivity index (χ2n) is 6.82. The van der Waals surface area contributed by atoms with E-state index >= 15 is 0 Å². The molecule has 0 aliphatic carbocycles. The maximum absolute atomic E-state index is 11.7. The highest BCUT2D eigenvalue weighted by molar-refractivity contribution is 5.82. The smallest absolute Gasteiger partial charge is 0.408 e. The van der Waals surface area contributed by atoms with Gasteiger partial charge in [0.05, 0.1) is 19.6 Å². The van der Waals surface area contributed by atoms with E-state index in [0.717, 1.165) is 5.75 Å². The molecule has 0 saturated carbocycles. The summed E-state index contributed by atoms with van der Waals surface area (Å²) in [5, 5.41) is 7.79. The number of carbonyl (C=O) groups excluding carboxylic acids is 3. The zero-order valence-corrected chi connectivity index (χ0v) is 16.2. The average Bonchev–Trinajstić information content (AvgIpc) is 2.59. The van der Waals surface area contributed by atoms with Crippen LogP contribution in [0.2, 0.25) is 0 Å². The van der Waals surface area contributed by atoms with Gasteiger partial charge < -0.3 is 25.4 Å². The van der Waals surface area contributed by atoms with Crippen LogP contribution in [0.4, 0.5) is 4.79 Å². The normalized spacial score (nSPS) is 10.6. The lowest BCUT2D eigenvalue weighted by Gasteiger charge is -2.19. The summed E-state index contributed by atoms with van der Waals surface area (Å²) in [5.74, 6) is 0.306. The van der Waals surface area contributed by atoms with Crippen LogP contribution in [0.1, 0.15) is 33.6 Å². The Morgan fingerprint density at radius 3 is 2.19 bits per heavy atom. The number of rotatable bonds is 10. The van der Waals surface area contributed by atoms with E-state index in [4.69, 9.17) is 9.47 Å². The molecule has 0 bridgehead atoms. The number of para-hydroxylation sites is 1. The summed E-state index contributed by atoms with van der Waals surface area (Å²) in [4.78, 5) is 34.7. The van der Waals surface area contributed by atoms with E-state index in [2.05, 4.69) is 16.0 Å². The molecule has 3 N–H and O–H groups in total. The molecule has 0 aromatic heterocycles. The Morgan fingerprint density at radius 1 is 0.926 bits per heavy atom. The third-order valence-corrected chi connectivity index (χ3v) is 3.13. The first-order valence-corrected chi connectivity index (χ1v) is 8.94. The minimum Gasteiger partial charge on any atom is -0.493 e. The van der Waals surface area contributed by atoms with Crippen LogP contribution < -0.4 is 20.7 Å². The molecule has 0 fully saturated rings. The van der Waals surface area contributed by atoms with E-state index in [1.165, 1.54) is 0 Å². The fraction of sp³-hybridized carbons (Fsp3) is 0.526. The first-order chi connectivity index (χ1) is 12.8. The summed E-state index contributed by atoms with van der Waals surface area (Å²) in [6.07, 6.45) is 0.215. The molecule has 0 saturated heterocycles. The maximum atomic E-state index is 11.7. The lowest BCUT2D eigenvalue weighted by atomic mass is 10.2. The molecule has 150 valence electrons. The minimum absolute atomic E-state index is 0.108. The number of amides is 3. The van der Waals surface area contributed by atoms with Crippen LogP contribution in [0.3, 0.4) is 0 Å². The van der Waals surface area contributed by atoms with E-state index in [0.29, 0.717) is 26.1 Å². The molecule has 0 aliphatic rings. The van der Waals surface area contributed by atoms with Crippen LogP contribution >= 0.6 is 0 Å². The van der Waals surface area contributed by atoms with Crippen LogP contribution in [0.25, 0.3) is 0 Å². The lowest BCUT2D eigenvalue weighted by molar-refractivity contribution is -0.121. The number of ether oxygens (including phenoxy) is 2. The van der Waals surface area contributed by atoms with E-state index in [9.17, 15) is 14.4 Å². The third kappa shape index (κ3) is 12.3. The van der Waals surface area contributed by atoms with Crippen molar-refractivity contribution >= 4 is 17.9 Å². The highest BCUT2D eigenvalue weighted by Gasteiger charge is 2.16. The first kappa shape index (κ1) is 22.3. The highest BCUT2D eigenvalue weighted by Crippen LogP contribution is 2.08. The van der Waals surface area contributed by atoms with Crippen LogP contribution in [0, 0.1) is 0 Å². The van der Waals surface area contributed by atoms with Crippen molar-refractivity contribution in [3.05, 3.63) is 30.3 Å². The second kappa shape index (κ2) is 11.8. The predicted molar refractivity (Wildman–Crippen MR) is 101 cm³/mol. The molecule has 8 nitrogen and oxygen atoms in total. The van der Waals surface area contributed by atoms with E-state index in [-0.39, 0.29) is 24.8 Å². The molecule has 0 unspecified atom stereocenters. The lowest BCUT2D eigenvalue weighted by Crippen LogP contribution is -2.40. The molecular formula is C19H29N3O5. The second-order valence-corrected chi connectivity index (χ2v) is 6.82. The third-order valence-electron chi connectivity index (χ3n) is 3.13. The highest BCUT2D eigenvalue weighted by atomic mass is 16.6. The van der Waals surface area contributed by atoms with Gasteiger partial charge in [-0.15, -0.1) is 0 Å². The van der Waals surface area contributed by atoms with Gasteiger partial charge in [-0.3, -0.25) is 9.59 Å². The number of benzene rings is 1. The van der Waals surface area contributed by atoms with Gasteiger partial charge >= 0.3 is 6.09 Å².